The van der Waals surface area contributed by atoms with Crippen LogP contribution in [0.25, 0.3) is 11.1 Å². The van der Waals surface area contributed by atoms with E-state index in [1.54, 1.807) is 12.1 Å². The van der Waals surface area contributed by atoms with Gasteiger partial charge in [0.1, 0.15) is 19.0 Å². The average molecular weight is 532 g/mol. The van der Waals surface area contributed by atoms with Crippen LogP contribution < -0.4 is 16.4 Å². The van der Waals surface area contributed by atoms with Crippen molar-refractivity contribution in [2.24, 2.45) is 27.5 Å². The van der Waals surface area contributed by atoms with Crippen molar-refractivity contribution >= 4 is 29.7 Å². The predicted molar refractivity (Wildman–Crippen MR) is 135 cm³/mol. The number of nitrogens with two attached hydrogens (primary N) is 2. The number of rotatable bonds is 12. The number of carbonyl (C=O) groups is 2. The summed E-state index contributed by atoms with van der Waals surface area (Å²) in [4.78, 5) is 41.9. The highest BCUT2D eigenvalue weighted by Crippen LogP contribution is 2.26. The minimum absolute atomic E-state index is 0.0686. The molecule has 0 bridgehead atoms. The van der Waals surface area contributed by atoms with E-state index in [2.05, 4.69) is 20.1 Å². The minimum atomic E-state index is -1.02. The van der Waals surface area contributed by atoms with Crippen molar-refractivity contribution in [2.45, 2.75) is 26.4 Å². The number of ether oxygens (including phenoxy) is 2. The van der Waals surface area contributed by atoms with E-state index >= 15 is 0 Å². The topological polar surface area (TPSA) is 188 Å². The molecule has 1 atom stereocenters. The van der Waals surface area contributed by atoms with Gasteiger partial charge in [0, 0.05) is 35.5 Å². The highest BCUT2D eigenvalue weighted by Gasteiger charge is 2.25. The molecule has 2 heterocycles. The minimum Gasteiger partial charge on any atom is -0.465 e. The summed E-state index contributed by atoms with van der Waals surface area (Å²) < 4.78 is 24.9. The Balaban J connectivity index is 1.50. The van der Waals surface area contributed by atoms with Gasteiger partial charge in [0.25, 0.3) is 0 Å². The molecule has 1 saturated heterocycles. The first-order chi connectivity index (χ1) is 18.3. The fraction of sp³-hybridized carbons (Fsp3) is 0.417. The van der Waals surface area contributed by atoms with Crippen LogP contribution in [0.1, 0.15) is 25.3 Å². The van der Waals surface area contributed by atoms with Gasteiger partial charge >= 0.3 is 12.1 Å². The van der Waals surface area contributed by atoms with Gasteiger partial charge in [-0.1, -0.05) is 30.3 Å². The number of oxime groups is 1. The fourth-order valence-electron chi connectivity index (χ4n) is 3.28. The number of aliphatic hydroxyl groups is 1. The molecule has 14 heteroatoms. The molecule has 0 saturated carbocycles. The van der Waals surface area contributed by atoms with E-state index < -0.39 is 17.9 Å². The van der Waals surface area contributed by atoms with Crippen LogP contribution in [0.15, 0.2) is 40.7 Å². The molecule has 0 spiro atoms. The number of amides is 1. The number of guanidine groups is 1. The van der Waals surface area contributed by atoms with Crippen molar-refractivity contribution in [3.63, 3.8) is 0 Å². The highest BCUT2D eigenvalue weighted by atomic mass is 19.1. The van der Waals surface area contributed by atoms with Crippen LogP contribution in [0.3, 0.4) is 0 Å². The van der Waals surface area contributed by atoms with Crippen LogP contribution in [-0.2, 0) is 25.7 Å². The Morgan fingerprint density at radius 3 is 2.58 bits per heavy atom. The van der Waals surface area contributed by atoms with Crippen LogP contribution in [0.5, 0.6) is 0 Å². The van der Waals surface area contributed by atoms with Gasteiger partial charge < -0.3 is 35.8 Å². The van der Waals surface area contributed by atoms with Crippen molar-refractivity contribution in [1.82, 2.24) is 9.97 Å². The molecule has 1 aromatic heterocycles. The molecule has 38 heavy (non-hydrogen) atoms. The maximum atomic E-state index is 15.0. The first-order valence-electron chi connectivity index (χ1n) is 11.9. The Labute approximate surface area is 218 Å². The number of aliphatic imine (C=N–C) groups is 1. The molecule has 2 aromatic rings. The Kier molecular flexibility index (Phi) is 10.3. The zero-order valence-corrected chi connectivity index (χ0v) is 20.9. The molecule has 0 radical (unpaired) electrons. The summed E-state index contributed by atoms with van der Waals surface area (Å²) in [5, 5.41) is 13.5. The number of benzene rings is 1. The quantitative estimate of drug-likeness (QED) is 0.155. The van der Waals surface area contributed by atoms with E-state index in [-0.39, 0.29) is 49.4 Å². The second kappa shape index (κ2) is 13.8. The molecule has 1 aliphatic rings. The lowest BCUT2D eigenvalue weighted by Crippen LogP contribution is -2.48. The summed E-state index contributed by atoms with van der Waals surface area (Å²) in [5.41, 5.74) is 11.8. The SMILES string of the molecule is CCCC(=O)OCC(CO)CON=C1CN(c2ncc(-c3cccc(COC(=O)N=C(N)N)c3F)cn2)C1. The summed E-state index contributed by atoms with van der Waals surface area (Å²) in [6.07, 6.45) is 2.99. The molecule has 0 aliphatic carbocycles. The van der Waals surface area contributed by atoms with Gasteiger partial charge in [-0.25, -0.2) is 19.2 Å². The normalized spacial score (nSPS) is 13.2. The highest BCUT2D eigenvalue weighted by molar-refractivity contribution is 5.98. The van der Waals surface area contributed by atoms with Gasteiger partial charge in [0.2, 0.25) is 5.95 Å². The van der Waals surface area contributed by atoms with E-state index in [4.69, 9.17) is 25.8 Å². The third-order valence-electron chi connectivity index (χ3n) is 5.33. The van der Waals surface area contributed by atoms with Crippen LogP contribution >= 0.6 is 0 Å². The number of aliphatic hydroxyl groups excluding tert-OH is 1. The summed E-state index contributed by atoms with van der Waals surface area (Å²) in [7, 11) is 0. The third kappa shape index (κ3) is 8.09. The van der Waals surface area contributed by atoms with Gasteiger partial charge in [-0.2, -0.15) is 0 Å². The summed E-state index contributed by atoms with van der Waals surface area (Å²) >= 11 is 0. The molecule has 1 aliphatic heterocycles. The van der Waals surface area contributed by atoms with Gasteiger partial charge in [-0.3, -0.25) is 4.79 Å². The first kappa shape index (κ1) is 28.2. The molecule has 3 rings (SSSR count). The van der Waals surface area contributed by atoms with E-state index in [0.717, 1.165) is 5.71 Å². The molecular formula is C24H30FN7O6. The summed E-state index contributed by atoms with van der Waals surface area (Å²) in [6, 6.07) is 4.65. The number of aromatic nitrogens is 2. The zero-order valence-electron chi connectivity index (χ0n) is 20.9. The van der Waals surface area contributed by atoms with E-state index in [1.807, 2.05) is 11.8 Å². The van der Waals surface area contributed by atoms with Crippen LogP contribution in [-0.4, -0.2) is 71.7 Å². The Morgan fingerprint density at radius 1 is 1.18 bits per heavy atom. The maximum Gasteiger partial charge on any atom is 0.437 e. The summed E-state index contributed by atoms with van der Waals surface area (Å²) in [6.45, 7) is 2.41. The maximum absolute atomic E-state index is 15.0. The van der Waals surface area contributed by atoms with Crippen LogP contribution in [0, 0.1) is 11.7 Å². The zero-order chi connectivity index (χ0) is 27.5. The van der Waals surface area contributed by atoms with Gasteiger partial charge in [-0.05, 0) is 6.42 Å². The number of hydrogen-bond donors (Lipinski definition) is 3. The molecule has 13 nitrogen and oxygen atoms in total. The van der Waals surface area contributed by atoms with Gasteiger partial charge in [0.05, 0.1) is 37.9 Å². The van der Waals surface area contributed by atoms with E-state index in [1.165, 1.54) is 18.5 Å². The van der Waals surface area contributed by atoms with Crippen molar-refractivity contribution in [2.75, 3.05) is 37.8 Å². The average Bonchev–Trinajstić information content (AvgIpc) is 2.86. The number of esters is 1. The first-order valence-corrected chi connectivity index (χ1v) is 11.9. The second-order valence-electron chi connectivity index (χ2n) is 8.43. The lowest BCUT2D eigenvalue weighted by molar-refractivity contribution is -0.146. The molecule has 1 aromatic carbocycles. The predicted octanol–water partition coefficient (Wildman–Crippen LogP) is 1.34. The standard InChI is InChI=1S/C24H30FN7O6/c1-2-4-20(34)36-12-15(11-33)13-38-31-18-9-32(10-18)23-28-7-17(8-29-23)19-6-3-5-16(21(19)25)14-37-24(35)30-22(26)27/h3,5-8,15,33H,2,4,9-14H2,1H3,(H4,26,27,30,35). The number of nitrogens with zero attached hydrogens (tertiary/aromatic N) is 5. The lowest BCUT2D eigenvalue weighted by atomic mass is 10.1. The third-order valence-corrected chi connectivity index (χ3v) is 5.33. The second-order valence-corrected chi connectivity index (χ2v) is 8.43. The van der Waals surface area contributed by atoms with Crippen molar-refractivity contribution in [3.8, 4) is 11.1 Å². The van der Waals surface area contributed by atoms with Crippen LogP contribution in [0.2, 0.25) is 0 Å². The fourth-order valence-corrected chi connectivity index (χ4v) is 3.28. The van der Waals surface area contributed by atoms with Crippen LogP contribution in [0.4, 0.5) is 15.1 Å². The van der Waals surface area contributed by atoms with Crippen molar-refractivity contribution < 1.29 is 33.4 Å². The number of hydrogen-bond acceptors (Lipinski definition) is 10. The number of anilines is 1. The van der Waals surface area contributed by atoms with Gasteiger partial charge in [0.15, 0.2) is 5.96 Å². The number of carbonyl (C=O) groups excluding carboxylic acids is 2. The summed E-state index contributed by atoms with van der Waals surface area (Å²) in [5.74, 6) is -1.27. The largest absolute Gasteiger partial charge is 0.465 e. The monoisotopic (exact) mass is 531 g/mol. The van der Waals surface area contributed by atoms with Crippen molar-refractivity contribution in [1.29, 1.82) is 0 Å². The Hall–Kier alpha value is -4.33. The Morgan fingerprint density at radius 2 is 1.92 bits per heavy atom. The number of halogens is 1. The molecule has 1 unspecified atom stereocenters. The van der Waals surface area contributed by atoms with E-state index in [9.17, 15) is 19.1 Å². The smallest absolute Gasteiger partial charge is 0.437 e. The lowest BCUT2D eigenvalue weighted by Gasteiger charge is -2.32. The van der Waals surface area contributed by atoms with Gasteiger partial charge in [-0.15, -0.1) is 4.99 Å². The molecule has 1 fully saturated rings. The Bertz CT molecular complexity index is 1160. The molecule has 1 amide bonds. The molecule has 204 valence electrons. The van der Waals surface area contributed by atoms with Crippen molar-refractivity contribution in [3.05, 3.63) is 42.0 Å². The molecular weight excluding hydrogens is 501 g/mol. The van der Waals surface area contributed by atoms with E-state index in [0.29, 0.717) is 37.4 Å². The molecule has 5 N–H and O–H groups in total.